The minimum absolute atomic E-state index is 0.0571. The molecule has 0 saturated heterocycles. The maximum Gasteiger partial charge on any atom is 0.158 e. The summed E-state index contributed by atoms with van der Waals surface area (Å²) in [6.45, 7) is 5.83. The summed E-state index contributed by atoms with van der Waals surface area (Å²) in [4.78, 5) is 23.9. The third-order valence-corrected chi connectivity index (χ3v) is 4.23. The molecular formula is C19H24O2. The van der Waals surface area contributed by atoms with Crippen LogP contribution in [0.2, 0.25) is 0 Å². The first kappa shape index (κ1) is 15.7. The zero-order valence-corrected chi connectivity index (χ0v) is 13.2. The fourth-order valence-electron chi connectivity index (χ4n) is 2.80. The standard InChI is InChI=1S/C19H24O2/c1-13(2)19(21)14(3)16-10-8-15(9-11-16)12-17-6-4-5-7-18(17)20/h8-14H,4-7H2,1-3H3/b17-12+. The Morgan fingerprint density at radius 2 is 1.67 bits per heavy atom. The van der Waals surface area contributed by atoms with E-state index in [0.29, 0.717) is 6.42 Å². The van der Waals surface area contributed by atoms with Crippen molar-refractivity contribution in [1.82, 2.24) is 0 Å². The van der Waals surface area contributed by atoms with Gasteiger partial charge in [-0.25, -0.2) is 0 Å². The molecule has 1 aromatic carbocycles. The first-order chi connectivity index (χ1) is 9.99. The lowest BCUT2D eigenvalue weighted by Crippen LogP contribution is -2.15. The predicted octanol–water partition coefficient (Wildman–Crippen LogP) is 4.54. The largest absolute Gasteiger partial charge is 0.299 e. The summed E-state index contributed by atoms with van der Waals surface area (Å²) in [6.07, 6.45) is 5.70. The summed E-state index contributed by atoms with van der Waals surface area (Å²) in [5.41, 5.74) is 3.04. The maximum absolute atomic E-state index is 12.0. The van der Waals surface area contributed by atoms with Gasteiger partial charge in [-0.3, -0.25) is 9.59 Å². The molecule has 1 atom stereocenters. The molecule has 1 fully saturated rings. The minimum Gasteiger partial charge on any atom is -0.299 e. The number of carbonyl (C=O) groups is 2. The van der Waals surface area contributed by atoms with E-state index in [1.54, 1.807) is 0 Å². The minimum atomic E-state index is -0.0667. The third-order valence-electron chi connectivity index (χ3n) is 4.23. The van der Waals surface area contributed by atoms with Crippen molar-refractivity contribution in [1.29, 1.82) is 0 Å². The van der Waals surface area contributed by atoms with Crippen molar-refractivity contribution >= 4 is 17.6 Å². The number of Topliss-reactive ketones (excluding diaryl/α,β-unsaturated/α-hetero) is 2. The maximum atomic E-state index is 12.0. The zero-order chi connectivity index (χ0) is 15.4. The van der Waals surface area contributed by atoms with Crippen LogP contribution in [0.1, 0.15) is 63.5 Å². The van der Waals surface area contributed by atoms with Gasteiger partial charge in [0.25, 0.3) is 0 Å². The molecule has 0 radical (unpaired) electrons. The van der Waals surface area contributed by atoms with E-state index in [2.05, 4.69) is 0 Å². The molecule has 0 aliphatic heterocycles. The lowest BCUT2D eigenvalue weighted by molar-refractivity contribution is -0.123. The van der Waals surface area contributed by atoms with Crippen molar-refractivity contribution in [2.24, 2.45) is 5.92 Å². The molecule has 1 saturated carbocycles. The summed E-state index contributed by atoms with van der Waals surface area (Å²) < 4.78 is 0. The second-order valence-electron chi connectivity index (χ2n) is 6.25. The normalized spacial score (nSPS) is 19.0. The van der Waals surface area contributed by atoms with Crippen LogP contribution in [0.4, 0.5) is 0 Å². The lowest BCUT2D eigenvalue weighted by atomic mass is 9.89. The number of carbonyl (C=O) groups excluding carboxylic acids is 2. The van der Waals surface area contributed by atoms with E-state index in [0.717, 1.165) is 36.0 Å². The lowest BCUT2D eigenvalue weighted by Gasteiger charge is -2.14. The molecular weight excluding hydrogens is 260 g/mol. The van der Waals surface area contributed by atoms with E-state index < -0.39 is 0 Å². The van der Waals surface area contributed by atoms with E-state index in [9.17, 15) is 9.59 Å². The van der Waals surface area contributed by atoms with Crippen LogP contribution in [0.15, 0.2) is 29.8 Å². The molecule has 1 aliphatic rings. The molecule has 2 rings (SSSR count). The molecule has 0 heterocycles. The molecule has 0 N–H and O–H groups in total. The highest BCUT2D eigenvalue weighted by Gasteiger charge is 2.18. The summed E-state index contributed by atoms with van der Waals surface area (Å²) in [5, 5.41) is 0. The molecule has 1 unspecified atom stereocenters. The first-order valence-corrected chi connectivity index (χ1v) is 7.86. The van der Waals surface area contributed by atoms with Gasteiger partial charge in [0.15, 0.2) is 5.78 Å². The number of ketones is 2. The van der Waals surface area contributed by atoms with Crippen molar-refractivity contribution in [2.75, 3.05) is 0 Å². The molecule has 2 heteroatoms. The van der Waals surface area contributed by atoms with Crippen molar-refractivity contribution in [2.45, 2.75) is 52.4 Å². The average Bonchev–Trinajstić information content (AvgIpc) is 2.49. The monoisotopic (exact) mass is 284 g/mol. The van der Waals surface area contributed by atoms with Crippen molar-refractivity contribution < 1.29 is 9.59 Å². The van der Waals surface area contributed by atoms with Gasteiger partial charge < -0.3 is 0 Å². The van der Waals surface area contributed by atoms with Crippen LogP contribution in [-0.2, 0) is 9.59 Å². The zero-order valence-electron chi connectivity index (χ0n) is 13.2. The summed E-state index contributed by atoms with van der Waals surface area (Å²) in [6, 6.07) is 8.03. The molecule has 2 nitrogen and oxygen atoms in total. The molecule has 0 bridgehead atoms. The van der Waals surface area contributed by atoms with Gasteiger partial charge in [0.05, 0.1) is 0 Å². The predicted molar refractivity (Wildman–Crippen MR) is 86.2 cm³/mol. The molecule has 112 valence electrons. The van der Waals surface area contributed by atoms with Gasteiger partial charge in [0, 0.05) is 18.3 Å². The molecule has 1 aliphatic carbocycles. The Hall–Kier alpha value is -1.70. The molecule has 0 amide bonds. The number of hydrogen-bond donors (Lipinski definition) is 0. The van der Waals surface area contributed by atoms with Crippen LogP contribution in [-0.4, -0.2) is 11.6 Å². The van der Waals surface area contributed by atoms with E-state index in [1.807, 2.05) is 51.1 Å². The van der Waals surface area contributed by atoms with Crippen LogP contribution >= 0.6 is 0 Å². The van der Waals surface area contributed by atoms with Gasteiger partial charge in [0.2, 0.25) is 0 Å². The van der Waals surface area contributed by atoms with Crippen molar-refractivity contribution in [3.05, 3.63) is 41.0 Å². The van der Waals surface area contributed by atoms with Gasteiger partial charge in [-0.15, -0.1) is 0 Å². The van der Waals surface area contributed by atoms with Crippen LogP contribution in [0.3, 0.4) is 0 Å². The Kier molecular flexibility index (Phi) is 5.11. The number of hydrogen-bond acceptors (Lipinski definition) is 2. The van der Waals surface area contributed by atoms with Crippen LogP contribution in [0.5, 0.6) is 0 Å². The van der Waals surface area contributed by atoms with Gasteiger partial charge in [-0.1, -0.05) is 45.0 Å². The fourth-order valence-corrected chi connectivity index (χ4v) is 2.80. The van der Waals surface area contributed by atoms with Gasteiger partial charge in [0.1, 0.15) is 5.78 Å². The topological polar surface area (TPSA) is 34.1 Å². The number of rotatable bonds is 4. The third kappa shape index (κ3) is 3.90. The van der Waals surface area contributed by atoms with Crippen LogP contribution in [0.25, 0.3) is 6.08 Å². The van der Waals surface area contributed by atoms with Crippen LogP contribution in [0, 0.1) is 5.92 Å². The summed E-state index contributed by atoms with van der Waals surface area (Å²) in [5.74, 6) is 0.543. The summed E-state index contributed by atoms with van der Waals surface area (Å²) >= 11 is 0. The van der Waals surface area contributed by atoms with E-state index >= 15 is 0 Å². The number of benzene rings is 1. The molecule has 21 heavy (non-hydrogen) atoms. The second-order valence-corrected chi connectivity index (χ2v) is 6.25. The molecule has 0 aromatic heterocycles. The Balaban J connectivity index is 2.14. The average molecular weight is 284 g/mol. The Labute approximate surface area is 127 Å². The Morgan fingerprint density at radius 1 is 1.05 bits per heavy atom. The van der Waals surface area contributed by atoms with E-state index in [1.165, 1.54) is 0 Å². The summed E-state index contributed by atoms with van der Waals surface area (Å²) in [7, 11) is 0. The molecule has 1 aromatic rings. The van der Waals surface area contributed by atoms with E-state index in [-0.39, 0.29) is 23.4 Å². The Morgan fingerprint density at radius 3 is 2.24 bits per heavy atom. The first-order valence-electron chi connectivity index (χ1n) is 7.86. The van der Waals surface area contributed by atoms with Crippen molar-refractivity contribution in [3.8, 4) is 0 Å². The quantitative estimate of drug-likeness (QED) is 0.761. The highest BCUT2D eigenvalue weighted by Crippen LogP contribution is 2.24. The fraction of sp³-hybridized carbons (Fsp3) is 0.474. The smallest absolute Gasteiger partial charge is 0.158 e. The van der Waals surface area contributed by atoms with Gasteiger partial charge in [-0.2, -0.15) is 0 Å². The number of allylic oxidation sites excluding steroid dienone is 1. The van der Waals surface area contributed by atoms with Gasteiger partial charge in [-0.05, 0) is 42.0 Å². The van der Waals surface area contributed by atoms with Crippen molar-refractivity contribution in [3.63, 3.8) is 0 Å². The highest BCUT2D eigenvalue weighted by molar-refractivity contribution is 6.00. The highest BCUT2D eigenvalue weighted by atomic mass is 16.1. The second kappa shape index (κ2) is 6.84. The Bertz CT molecular complexity index is 549. The SMILES string of the molecule is CC(C)C(=O)C(C)c1ccc(/C=C2\CCCCC2=O)cc1. The molecule has 0 spiro atoms. The van der Waals surface area contributed by atoms with E-state index in [4.69, 9.17) is 0 Å². The van der Waals surface area contributed by atoms with Crippen LogP contribution < -0.4 is 0 Å². The van der Waals surface area contributed by atoms with Gasteiger partial charge >= 0.3 is 0 Å².